The van der Waals surface area contributed by atoms with Crippen LogP contribution in [-0.4, -0.2) is 31.4 Å². The molecule has 10 heteroatoms. The number of aryl methyl sites for hydroxylation is 1. The summed E-state index contributed by atoms with van der Waals surface area (Å²) in [5, 5.41) is 13.6. The Morgan fingerprint density at radius 2 is 1.64 bits per heavy atom. The van der Waals surface area contributed by atoms with E-state index < -0.39 is 23.3 Å². The molecule has 1 heterocycles. The molecule has 1 aromatic heterocycles. The third-order valence-electron chi connectivity index (χ3n) is 4.73. The molecule has 7 nitrogen and oxygen atoms in total. The first kappa shape index (κ1) is 24.1. The number of hydrogen-bond donors (Lipinski definition) is 1. The zero-order chi connectivity index (χ0) is 24.2. The highest BCUT2D eigenvalue weighted by atomic mass is 19.4. The molecule has 0 atom stereocenters. The minimum atomic E-state index is -4.41. The number of aliphatic carboxylic acids is 1. The third-order valence-corrected chi connectivity index (χ3v) is 4.73. The summed E-state index contributed by atoms with van der Waals surface area (Å²) in [6, 6.07) is 11.2. The predicted octanol–water partition coefficient (Wildman–Crippen LogP) is 5.19. The fourth-order valence-corrected chi connectivity index (χ4v) is 2.89. The largest absolute Gasteiger partial charge is 0.486 e. The van der Waals surface area contributed by atoms with Crippen LogP contribution in [0.2, 0.25) is 0 Å². The Kier molecular flexibility index (Phi) is 6.95. The van der Waals surface area contributed by atoms with Crippen LogP contribution < -0.4 is 9.47 Å². The molecular weight excluding hydrogens is 439 g/mol. The molecular formula is C23H24F3N3O4. The van der Waals surface area contributed by atoms with Crippen LogP contribution in [0.25, 0.3) is 11.4 Å². The number of carboxylic acids is 1. The van der Waals surface area contributed by atoms with E-state index in [0.29, 0.717) is 35.3 Å². The van der Waals surface area contributed by atoms with Gasteiger partial charge in [0.1, 0.15) is 18.1 Å². The van der Waals surface area contributed by atoms with Gasteiger partial charge in [-0.1, -0.05) is 19.1 Å². The summed E-state index contributed by atoms with van der Waals surface area (Å²) < 4.78 is 51.3. The molecule has 1 N–H and O–H groups in total. The summed E-state index contributed by atoms with van der Waals surface area (Å²) in [7, 11) is 0. The van der Waals surface area contributed by atoms with Crippen LogP contribution >= 0.6 is 0 Å². The van der Waals surface area contributed by atoms with Gasteiger partial charge in [-0.15, -0.1) is 0 Å². The number of carbonyl (C=O) groups is 1. The van der Waals surface area contributed by atoms with E-state index in [0.717, 1.165) is 18.6 Å². The van der Waals surface area contributed by atoms with Crippen LogP contribution in [0, 0.1) is 0 Å². The van der Waals surface area contributed by atoms with Crippen molar-refractivity contribution in [2.24, 2.45) is 0 Å². The van der Waals surface area contributed by atoms with Crippen molar-refractivity contribution in [1.29, 1.82) is 0 Å². The zero-order valence-corrected chi connectivity index (χ0v) is 18.4. The minimum Gasteiger partial charge on any atom is -0.486 e. The summed E-state index contributed by atoms with van der Waals surface area (Å²) in [6.07, 6.45) is -3.62. The van der Waals surface area contributed by atoms with Crippen molar-refractivity contribution in [2.45, 2.75) is 52.1 Å². The van der Waals surface area contributed by atoms with Crippen molar-refractivity contribution in [3.05, 3.63) is 59.9 Å². The van der Waals surface area contributed by atoms with Crippen LogP contribution in [0.3, 0.4) is 0 Å². The first-order chi connectivity index (χ1) is 15.5. The van der Waals surface area contributed by atoms with Crippen LogP contribution in [0.1, 0.15) is 38.6 Å². The fourth-order valence-electron chi connectivity index (χ4n) is 2.89. The molecule has 3 rings (SSSR count). The van der Waals surface area contributed by atoms with E-state index in [2.05, 4.69) is 10.1 Å². The van der Waals surface area contributed by atoms with Gasteiger partial charge >= 0.3 is 12.1 Å². The van der Waals surface area contributed by atoms with E-state index >= 15 is 0 Å². The van der Waals surface area contributed by atoms with E-state index in [1.807, 2.05) is 6.92 Å². The Bertz CT molecular complexity index is 1090. The standard InChI is InChI=1S/C23H24F3N3O4/c1-4-13-29-19(27-20(28-29)15-5-7-16(8-6-15)23(24,25)26)14-32-17-9-11-18(12-10-17)33-22(2,3)21(30)31/h5-12H,4,13-14H2,1-3H3,(H,30,31). The van der Waals surface area contributed by atoms with Gasteiger partial charge < -0.3 is 14.6 Å². The van der Waals surface area contributed by atoms with Gasteiger partial charge in [0.15, 0.2) is 17.2 Å². The Hall–Kier alpha value is -3.56. The van der Waals surface area contributed by atoms with Crippen molar-refractivity contribution in [1.82, 2.24) is 14.8 Å². The molecule has 0 aliphatic heterocycles. The van der Waals surface area contributed by atoms with Gasteiger partial charge in [-0.3, -0.25) is 0 Å². The van der Waals surface area contributed by atoms with Crippen molar-refractivity contribution in [3.63, 3.8) is 0 Å². The lowest BCUT2D eigenvalue weighted by molar-refractivity contribution is -0.152. The van der Waals surface area contributed by atoms with Crippen molar-refractivity contribution < 1.29 is 32.5 Å². The van der Waals surface area contributed by atoms with E-state index in [9.17, 15) is 18.0 Å². The Morgan fingerprint density at radius 3 is 2.18 bits per heavy atom. The summed E-state index contributed by atoms with van der Waals surface area (Å²) in [4.78, 5) is 15.6. The van der Waals surface area contributed by atoms with Gasteiger partial charge in [0.25, 0.3) is 0 Å². The Morgan fingerprint density at radius 1 is 1.03 bits per heavy atom. The fraction of sp³-hybridized carbons (Fsp3) is 0.348. The Labute approximate surface area is 188 Å². The molecule has 0 fully saturated rings. The van der Waals surface area contributed by atoms with Gasteiger partial charge in [-0.25, -0.2) is 14.5 Å². The van der Waals surface area contributed by atoms with Crippen LogP contribution in [0.15, 0.2) is 48.5 Å². The molecule has 0 amide bonds. The first-order valence-corrected chi connectivity index (χ1v) is 10.3. The molecule has 0 aliphatic rings. The third kappa shape index (κ3) is 6.03. The monoisotopic (exact) mass is 463 g/mol. The molecule has 0 saturated heterocycles. The first-order valence-electron chi connectivity index (χ1n) is 10.3. The maximum atomic E-state index is 12.8. The summed E-state index contributed by atoms with van der Waals surface area (Å²) >= 11 is 0. The predicted molar refractivity (Wildman–Crippen MR) is 114 cm³/mol. The number of alkyl halides is 3. The molecule has 0 aliphatic carbocycles. The van der Waals surface area contributed by atoms with Crippen molar-refractivity contribution in [3.8, 4) is 22.9 Å². The van der Waals surface area contributed by atoms with Crippen molar-refractivity contribution >= 4 is 5.97 Å². The lowest BCUT2D eigenvalue weighted by Crippen LogP contribution is -2.37. The Balaban J connectivity index is 1.72. The molecule has 0 saturated carbocycles. The second-order valence-electron chi connectivity index (χ2n) is 7.83. The van der Waals surface area contributed by atoms with E-state index in [1.165, 1.54) is 26.0 Å². The normalized spacial score (nSPS) is 11.9. The average Bonchev–Trinajstić information content (AvgIpc) is 3.15. The lowest BCUT2D eigenvalue weighted by atomic mass is 10.1. The number of benzene rings is 2. The SMILES string of the molecule is CCCn1nc(-c2ccc(C(F)(F)F)cc2)nc1COc1ccc(OC(C)(C)C(=O)O)cc1. The summed E-state index contributed by atoms with van der Waals surface area (Å²) in [5.41, 5.74) is -1.63. The minimum absolute atomic E-state index is 0.0917. The van der Waals surface area contributed by atoms with Gasteiger partial charge in [-0.05, 0) is 56.7 Å². The number of nitrogens with zero attached hydrogens (tertiary/aromatic N) is 3. The summed E-state index contributed by atoms with van der Waals surface area (Å²) in [5.74, 6) is 0.655. The molecule has 176 valence electrons. The van der Waals surface area contributed by atoms with E-state index in [4.69, 9.17) is 14.6 Å². The zero-order valence-electron chi connectivity index (χ0n) is 18.4. The van der Waals surface area contributed by atoms with Gasteiger partial charge in [0, 0.05) is 12.1 Å². The maximum absolute atomic E-state index is 12.8. The molecule has 2 aromatic carbocycles. The van der Waals surface area contributed by atoms with Crippen LogP contribution in [0.5, 0.6) is 11.5 Å². The number of ether oxygens (including phenoxy) is 2. The molecule has 3 aromatic rings. The molecule has 0 bridgehead atoms. The maximum Gasteiger partial charge on any atom is 0.416 e. The van der Waals surface area contributed by atoms with Crippen molar-refractivity contribution in [2.75, 3.05) is 0 Å². The second-order valence-corrected chi connectivity index (χ2v) is 7.83. The molecule has 0 radical (unpaired) electrons. The van der Waals surface area contributed by atoms with Crippen LogP contribution in [0.4, 0.5) is 13.2 Å². The topological polar surface area (TPSA) is 86.5 Å². The van der Waals surface area contributed by atoms with E-state index in [1.54, 1.807) is 28.9 Å². The molecule has 33 heavy (non-hydrogen) atoms. The van der Waals surface area contributed by atoms with Gasteiger partial charge in [0.05, 0.1) is 5.56 Å². The average molecular weight is 463 g/mol. The quantitative estimate of drug-likeness (QED) is 0.470. The van der Waals surface area contributed by atoms with Crippen LogP contribution in [-0.2, 0) is 24.1 Å². The summed E-state index contributed by atoms with van der Waals surface area (Å²) in [6.45, 7) is 5.54. The molecule has 0 unspecified atom stereocenters. The second kappa shape index (κ2) is 9.51. The smallest absolute Gasteiger partial charge is 0.416 e. The number of rotatable bonds is 9. The molecule has 0 spiro atoms. The highest BCUT2D eigenvalue weighted by Crippen LogP contribution is 2.30. The lowest BCUT2D eigenvalue weighted by Gasteiger charge is -2.21. The number of carboxylic acid groups (broad SMARTS) is 1. The number of aromatic nitrogens is 3. The van der Waals surface area contributed by atoms with E-state index in [-0.39, 0.29) is 6.61 Å². The number of halogens is 3. The highest BCUT2D eigenvalue weighted by Gasteiger charge is 2.30. The number of hydrogen-bond acceptors (Lipinski definition) is 5. The van der Waals surface area contributed by atoms with Gasteiger partial charge in [-0.2, -0.15) is 18.3 Å². The van der Waals surface area contributed by atoms with Gasteiger partial charge in [0.2, 0.25) is 0 Å². The highest BCUT2D eigenvalue weighted by molar-refractivity contribution is 5.76.